The zero-order valence-corrected chi connectivity index (χ0v) is 10.3. The molecule has 1 aromatic carbocycles. The summed E-state index contributed by atoms with van der Waals surface area (Å²) in [5, 5.41) is 0. The number of ketones is 1. The van der Waals surface area contributed by atoms with Gasteiger partial charge in [0, 0.05) is 0 Å². The largest absolute Gasteiger partial charge is 0.321 e. The Kier molecular flexibility index (Phi) is 4.34. The third-order valence-electron chi connectivity index (χ3n) is 2.59. The Morgan fingerprint density at radius 2 is 1.94 bits per heavy atom. The molecule has 0 radical (unpaired) electrons. The van der Waals surface area contributed by atoms with Gasteiger partial charge in [-0.05, 0) is 30.9 Å². The van der Waals surface area contributed by atoms with Crippen molar-refractivity contribution in [2.24, 2.45) is 11.7 Å². The van der Waals surface area contributed by atoms with E-state index in [0.29, 0.717) is 6.42 Å². The molecule has 0 fully saturated rings. The van der Waals surface area contributed by atoms with Crippen LogP contribution in [-0.2, 0) is 0 Å². The minimum Gasteiger partial charge on any atom is -0.321 e. The van der Waals surface area contributed by atoms with E-state index in [1.165, 1.54) is 13.0 Å². The predicted molar refractivity (Wildman–Crippen MR) is 62.9 cm³/mol. The number of carbonyl (C=O) groups is 1. The summed E-state index contributed by atoms with van der Waals surface area (Å²) in [7, 11) is 0. The Balaban J connectivity index is 3.08. The molecule has 0 amide bonds. The molecule has 17 heavy (non-hydrogen) atoms. The lowest BCUT2D eigenvalue weighted by molar-refractivity contribution is 0.0942. The number of halogens is 2. The van der Waals surface area contributed by atoms with E-state index in [4.69, 9.17) is 5.73 Å². The third-order valence-corrected chi connectivity index (χ3v) is 2.59. The first-order chi connectivity index (χ1) is 7.84. The summed E-state index contributed by atoms with van der Waals surface area (Å²) in [6.45, 7) is 5.28. The van der Waals surface area contributed by atoms with Gasteiger partial charge in [-0.1, -0.05) is 19.9 Å². The number of carbonyl (C=O) groups excluding carboxylic acids is 1. The SMILES string of the molecule is Cc1ccc(F)c(C(=O)C(N)CC(C)C)c1F. The van der Waals surface area contributed by atoms with Gasteiger partial charge in [-0.2, -0.15) is 0 Å². The molecule has 4 heteroatoms. The van der Waals surface area contributed by atoms with Gasteiger partial charge in [0.25, 0.3) is 0 Å². The topological polar surface area (TPSA) is 43.1 Å². The van der Waals surface area contributed by atoms with E-state index in [2.05, 4.69) is 0 Å². The molecule has 0 aliphatic rings. The molecule has 0 aliphatic carbocycles. The zero-order valence-electron chi connectivity index (χ0n) is 10.3. The highest BCUT2D eigenvalue weighted by Gasteiger charge is 2.24. The Morgan fingerprint density at radius 1 is 1.35 bits per heavy atom. The van der Waals surface area contributed by atoms with Crippen molar-refractivity contribution < 1.29 is 13.6 Å². The van der Waals surface area contributed by atoms with Gasteiger partial charge in [0.15, 0.2) is 5.78 Å². The number of rotatable bonds is 4. The standard InChI is InChI=1S/C13H17F2NO/c1-7(2)6-10(16)13(17)11-9(14)5-4-8(3)12(11)15/h4-5,7,10H,6,16H2,1-3H3. The van der Waals surface area contributed by atoms with Crippen LogP contribution in [0.3, 0.4) is 0 Å². The minimum absolute atomic E-state index is 0.199. The molecule has 0 heterocycles. The Labute approximate surface area is 99.8 Å². The lowest BCUT2D eigenvalue weighted by Crippen LogP contribution is -2.33. The van der Waals surface area contributed by atoms with Crippen LogP contribution in [0.1, 0.15) is 36.2 Å². The molecular formula is C13H17F2NO. The Bertz CT molecular complexity index is 430. The Hall–Kier alpha value is -1.29. The van der Waals surface area contributed by atoms with Crippen molar-refractivity contribution in [2.75, 3.05) is 0 Å². The third kappa shape index (κ3) is 3.09. The van der Waals surface area contributed by atoms with Crippen molar-refractivity contribution in [1.29, 1.82) is 0 Å². The fourth-order valence-electron chi connectivity index (χ4n) is 1.68. The highest BCUT2D eigenvalue weighted by atomic mass is 19.1. The first-order valence-electron chi connectivity index (χ1n) is 5.59. The molecule has 0 aliphatic heterocycles. The molecular weight excluding hydrogens is 224 g/mol. The van der Waals surface area contributed by atoms with E-state index in [0.717, 1.165) is 6.07 Å². The quantitative estimate of drug-likeness (QED) is 0.824. The van der Waals surface area contributed by atoms with Crippen molar-refractivity contribution >= 4 is 5.78 Å². The first-order valence-corrected chi connectivity index (χ1v) is 5.59. The number of benzene rings is 1. The zero-order chi connectivity index (χ0) is 13.2. The smallest absolute Gasteiger partial charge is 0.185 e. The van der Waals surface area contributed by atoms with Gasteiger partial charge in [-0.3, -0.25) is 4.79 Å². The average molecular weight is 241 g/mol. The summed E-state index contributed by atoms with van der Waals surface area (Å²) in [4.78, 5) is 11.9. The highest BCUT2D eigenvalue weighted by Crippen LogP contribution is 2.19. The van der Waals surface area contributed by atoms with Crippen LogP contribution in [-0.4, -0.2) is 11.8 Å². The van der Waals surface area contributed by atoms with Crippen LogP contribution >= 0.6 is 0 Å². The summed E-state index contributed by atoms with van der Waals surface area (Å²) in [5.41, 5.74) is 5.38. The van der Waals surface area contributed by atoms with E-state index in [9.17, 15) is 13.6 Å². The molecule has 0 aromatic heterocycles. The molecule has 1 aromatic rings. The first kappa shape index (κ1) is 13.8. The van der Waals surface area contributed by atoms with Crippen molar-refractivity contribution in [3.8, 4) is 0 Å². The van der Waals surface area contributed by atoms with E-state index in [1.807, 2.05) is 13.8 Å². The molecule has 0 saturated heterocycles. The average Bonchev–Trinajstić information content (AvgIpc) is 2.23. The second kappa shape index (κ2) is 5.36. The molecule has 0 spiro atoms. The van der Waals surface area contributed by atoms with E-state index in [1.54, 1.807) is 0 Å². The molecule has 94 valence electrons. The second-order valence-corrected chi connectivity index (χ2v) is 4.65. The van der Waals surface area contributed by atoms with Gasteiger partial charge in [0.05, 0.1) is 11.6 Å². The number of aryl methyl sites for hydroxylation is 1. The van der Waals surface area contributed by atoms with E-state index >= 15 is 0 Å². The maximum atomic E-state index is 13.7. The summed E-state index contributed by atoms with van der Waals surface area (Å²) in [5.74, 6) is -2.13. The number of hydrogen-bond donors (Lipinski definition) is 1. The molecule has 2 N–H and O–H groups in total. The van der Waals surface area contributed by atoms with Crippen LogP contribution < -0.4 is 5.73 Å². The molecule has 0 saturated carbocycles. The lowest BCUT2D eigenvalue weighted by Gasteiger charge is -2.14. The normalized spacial score (nSPS) is 12.9. The fraction of sp³-hybridized carbons (Fsp3) is 0.462. The molecule has 1 unspecified atom stereocenters. The van der Waals surface area contributed by atoms with Crippen LogP contribution in [0.15, 0.2) is 12.1 Å². The number of hydrogen-bond acceptors (Lipinski definition) is 2. The monoisotopic (exact) mass is 241 g/mol. The van der Waals surface area contributed by atoms with Crippen LogP contribution in [0.4, 0.5) is 8.78 Å². The lowest BCUT2D eigenvalue weighted by atomic mass is 9.95. The highest BCUT2D eigenvalue weighted by molar-refractivity contribution is 6.00. The van der Waals surface area contributed by atoms with Crippen molar-refractivity contribution in [1.82, 2.24) is 0 Å². The van der Waals surface area contributed by atoms with Crippen LogP contribution in [0.2, 0.25) is 0 Å². The van der Waals surface area contributed by atoms with Gasteiger partial charge in [-0.15, -0.1) is 0 Å². The van der Waals surface area contributed by atoms with Crippen LogP contribution in [0, 0.1) is 24.5 Å². The fourth-order valence-corrected chi connectivity index (χ4v) is 1.68. The maximum Gasteiger partial charge on any atom is 0.185 e. The van der Waals surface area contributed by atoms with Crippen LogP contribution in [0.25, 0.3) is 0 Å². The van der Waals surface area contributed by atoms with Gasteiger partial charge in [0.1, 0.15) is 11.6 Å². The minimum atomic E-state index is -0.860. The number of Topliss-reactive ketones (excluding diaryl/α,β-unsaturated/α-hetero) is 1. The van der Waals surface area contributed by atoms with E-state index < -0.39 is 29.0 Å². The maximum absolute atomic E-state index is 13.7. The molecule has 1 atom stereocenters. The van der Waals surface area contributed by atoms with Gasteiger partial charge >= 0.3 is 0 Å². The molecule has 1 rings (SSSR count). The van der Waals surface area contributed by atoms with Crippen molar-refractivity contribution in [3.63, 3.8) is 0 Å². The van der Waals surface area contributed by atoms with E-state index in [-0.39, 0.29) is 11.5 Å². The summed E-state index contributed by atoms with van der Waals surface area (Å²) < 4.78 is 27.2. The van der Waals surface area contributed by atoms with Gasteiger partial charge in [-0.25, -0.2) is 8.78 Å². The molecule has 0 bridgehead atoms. The number of nitrogens with two attached hydrogens (primary N) is 1. The summed E-state index contributed by atoms with van der Waals surface area (Å²) in [6.07, 6.45) is 0.408. The van der Waals surface area contributed by atoms with Gasteiger partial charge in [0.2, 0.25) is 0 Å². The van der Waals surface area contributed by atoms with Crippen molar-refractivity contribution in [3.05, 3.63) is 34.9 Å². The molecule has 2 nitrogen and oxygen atoms in total. The van der Waals surface area contributed by atoms with Gasteiger partial charge < -0.3 is 5.73 Å². The van der Waals surface area contributed by atoms with Crippen LogP contribution in [0.5, 0.6) is 0 Å². The summed E-state index contributed by atoms with van der Waals surface area (Å²) >= 11 is 0. The second-order valence-electron chi connectivity index (χ2n) is 4.65. The Morgan fingerprint density at radius 3 is 2.47 bits per heavy atom. The predicted octanol–water partition coefficient (Wildman–Crippen LogP) is 2.83. The summed E-state index contributed by atoms with van der Waals surface area (Å²) in [6, 6.07) is 1.53. The van der Waals surface area contributed by atoms with Crippen molar-refractivity contribution in [2.45, 2.75) is 33.2 Å².